The summed E-state index contributed by atoms with van der Waals surface area (Å²) in [4.78, 5) is 4.35. The Morgan fingerprint density at radius 1 is 1.09 bits per heavy atom. The summed E-state index contributed by atoms with van der Waals surface area (Å²) in [7, 11) is -2.21. The molecule has 0 saturated heterocycles. The van der Waals surface area contributed by atoms with Crippen molar-refractivity contribution in [1.82, 2.24) is 4.98 Å². The molecule has 0 aliphatic carbocycles. The van der Waals surface area contributed by atoms with Crippen LogP contribution in [0.4, 0.5) is 5.69 Å². The second kappa shape index (κ2) is 6.06. The summed E-state index contributed by atoms with van der Waals surface area (Å²) in [6, 6.07) is 12.9. The van der Waals surface area contributed by atoms with Crippen molar-refractivity contribution in [2.75, 3.05) is 11.8 Å². The van der Waals surface area contributed by atoms with Gasteiger partial charge in [-0.1, -0.05) is 11.6 Å². The van der Waals surface area contributed by atoms with Crippen LogP contribution in [0.3, 0.4) is 0 Å². The van der Waals surface area contributed by atoms with E-state index in [2.05, 4.69) is 9.71 Å². The summed E-state index contributed by atoms with van der Waals surface area (Å²) >= 11 is 6.12. The van der Waals surface area contributed by atoms with Crippen LogP contribution < -0.4 is 9.46 Å². The topological polar surface area (TPSA) is 68.3 Å². The third kappa shape index (κ3) is 3.09. The van der Waals surface area contributed by atoms with Crippen LogP contribution >= 0.6 is 11.6 Å². The minimum absolute atomic E-state index is 0.136. The maximum absolute atomic E-state index is 12.5. The van der Waals surface area contributed by atoms with Gasteiger partial charge in [-0.05, 0) is 48.5 Å². The lowest BCUT2D eigenvalue weighted by Gasteiger charge is -2.11. The fourth-order valence-corrected chi connectivity index (χ4v) is 3.46. The number of halogens is 1. The summed E-state index contributed by atoms with van der Waals surface area (Å²) in [6.45, 7) is 0. The smallest absolute Gasteiger partial charge is 0.261 e. The van der Waals surface area contributed by atoms with Gasteiger partial charge in [0.05, 0.1) is 28.2 Å². The number of nitrogens with one attached hydrogen (secondary N) is 1. The van der Waals surface area contributed by atoms with Crippen LogP contribution in [-0.4, -0.2) is 20.5 Å². The number of nitrogens with zero attached hydrogens (tertiary/aromatic N) is 1. The van der Waals surface area contributed by atoms with E-state index in [0.717, 1.165) is 0 Å². The number of aromatic nitrogens is 1. The van der Waals surface area contributed by atoms with Gasteiger partial charge in [-0.25, -0.2) is 8.42 Å². The largest absolute Gasteiger partial charge is 0.497 e. The van der Waals surface area contributed by atoms with Crippen molar-refractivity contribution in [3.05, 3.63) is 59.8 Å². The first-order valence-corrected chi connectivity index (χ1v) is 8.57. The Hall–Kier alpha value is -2.31. The number of methoxy groups -OCH3 is 1. The molecule has 0 spiro atoms. The molecule has 3 rings (SSSR count). The Balaban J connectivity index is 2.02. The molecular weight excluding hydrogens is 336 g/mol. The summed E-state index contributed by atoms with van der Waals surface area (Å²) in [5.74, 6) is 0.586. The molecule has 1 aromatic heterocycles. The molecule has 2 aromatic carbocycles. The van der Waals surface area contributed by atoms with Gasteiger partial charge in [0.2, 0.25) is 0 Å². The number of pyridine rings is 1. The fraction of sp³-hybridized carbons (Fsp3) is 0.0625. The Kier molecular flexibility index (Phi) is 4.11. The highest BCUT2D eigenvalue weighted by Gasteiger charge is 2.16. The SMILES string of the molecule is COc1ccc(S(=O)(=O)Nc2ccc(Cl)c3cccnc23)cc1. The lowest BCUT2D eigenvalue weighted by Crippen LogP contribution is -2.13. The molecule has 23 heavy (non-hydrogen) atoms. The van der Waals surface area contributed by atoms with Crippen molar-refractivity contribution < 1.29 is 13.2 Å². The van der Waals surface area contributed by atoms with Crippen LogP contribution in [0.25, 0.3) is 10.9 Å². The normalized spacial score (nSPS) is 11.4. The number of sulfonamides is 1. The second-order valence-corrected chi connectivity index (χ2v) is 6.87. The predicted octanol–water partition coefficient (Wildman–Crippen LogP) is 3.70. The number of ether oxygens (including phenoxy) is 1. The number of benzene rings is 2. The number of rotatable bonds is 4. The molecule has 0 radical (unpaired) electrons. The summed E-state index contributed by atoms with van der Waals surface area (Å²) in [5.41, 5.74) is 0.873. The Morgan fingerprint density at radius 2 is 1.83 bits per heavy atom. The van der Waals surface area contributed by atoms with Gasteiger partial charge in [-0.15, -0.1) is 0 Å². The third-order valence-electron chi connectivity index (χ3n) is 3.33. The third-order valence-corrected chi connectivity index (χ3v) is 5.04. The van der Waals surface area contributed by atoms with Crippen molar-refractivity contribution >= 4 is 38.2 Å². The molecule has 0 unspecified atom stereocenters. The summed E-state index contributed by atoms with van der Waals surface area (Å²) in [5, 5.41) is 1.20. The van der Waals surface area contributed by atoms with E-state index in [1.807, 2.05) is 0 Å². The summed E-state index contributed by atoms with van der Waals surface area (Å²) < 4.78 is 32.6. The molecule has 0 bridgehead atoms. The molecule has 1 N–H and O–H groups in total. The molecule has 0 saturated carbocycles. The number of fused-ring (bicyclic) bond motifs is 1. The molecule has 0 aliphatic heterocycles. The van der Waals surface area contributed by atoms with E-state index in [4.69, 9.17) is 16.3 Å². The highest BCUT2D eigenvalue weighted by Crippen LogP contribution is 2.29. The molecule has 0 atom stereocenters. The van der Waals surface area contributed by atoms with E-state index in [9.17, 15) is 8.42 Å². The maximum Gasteiger partial charge on any atom is 0.261 e. The first kappa shape index (κ1) is 15.6. The second-order valence-electron chi connectivity index (χ2n) is 4.78. The average molecular weight is 349 g/mol. The van der Waals surface area contributed by atoms with E-state index in [-0.39, 0.29) is 4.90 Å². The van der Waals surface area contributed by atoms with Crippen molar-refractivity contribution in [1.29, 1.82) is 0 Å². The van der Waals surface area contributed by atoms with E-state index in [0.29, 0.717) is 27.4 Å². The zero-order chi connectivity index (χ0) is 16.4. The number of hydrogen-bond donors (Lipinski definition) is 1. The molecule has 5 nitrogen and oxygen atoms in total. The van der Waals surface area contributed by atoms with Gasteiger partial charge in [-0.2, -0.15) is 0 Å². The van der Waals surface area contributed by atoms with Crippen molar-refractivity contribution in [3.63, 3.8) is 0 Å². The highest BCUT2D eigenvalue weighted by molar-refractivity contribution is 7.92. The minimum atomic E-state index is -3.73. The first-order valence-electron chi connectivity index (χ1n) is 6.71. The molecule has 3 aromatic rings. The van der Waals surface area contributed by atoms with E-state index in [1.165, 1.54) is 19.2 Å². The average Bonchev–Trinajstić information content (AvgIpc) is 2.58. The van der Waals surface area contributed by atoms with Crippen LogP contribution in [0.2, 0.25) is 5.02 Å². The maximum atomic E-state index is 12.5. The van der Waals surface area contributed by atoms with Crippen molar-refractivity contribution in [3.8, 4) is 5.75 Å². The number of anilines is 1. The van der Waals surface area contributed by atoms with Crippen molar-refractivity contribution in [2.24, 2.45) is 0 Å². The van der Waals surface area contributed by atoms with Crippen LogP contribution in [0, 0.1) is 0 Å². The zero-order valence-corrected chi connectivity index (χ0v) is 13.7. The van der Waals surface area contributed by atoms with Crippen molar-refractivity contribution in [2.45, 2.75) is 4.90 Å². The molecule has 0 aliphatic rings. The lowest BCUT2D eigenvalue weighted by molar-refractivity contribution is 0.414. The highest BCUT2D eigenvalue weighted by atomic mass is 35.5. The minimum Gasteiger partial charge on any atom is -0.497 e. The fourth-order valence-electron chi connectivity index (χ4n) is 2.18. The molecule has 1 heterocycles. The standard InChI is InChI=1S/C16H13ClN2O3S/c1-22-11-4-6-12(7-5-11)23(20,21)19-15-9-8-14(17)13-3-2-10-18-16(13)15/h2-10,19H,1H3. The molecule has 0 amide bonds. The quantitative estimate of drug-likeness (QED) is 0.780. The lowest BCUT2D eigenvalue weighted by atomic mass is 10.2. The molecular formula is C16H13ClN2O3S. The predicted molar refractivity (Wildman–Crippen MR) is 90.6 cm³/mol. The van der Waals surface area contributed by atoms with Gasteiger partial charge in [-0.3, -0.25) is 9.71 Å². The Bertz CT molecular complexity index is 957. The van der Waals surface area contributed by atoms with Gasteiger partial charge in [0, 0.05) is 11.6 Å². The Labute approximate surface area is 138 Å². The van der Waals surface area contributed by atoms with Gasteiger partial charge in [0.25, 0.3) is 10.0 Å². The van der Waals surface area contributed by atoms with Crippen LogP contribution in [0.1, 0.15) is 0 Å². The van der Waals surface area contributed by atoms with Crippen LogP contribution in [-0.2, 0) is 10.0 Å². The van der Waals surface area contributed by atoms with E-state index in [1.54, 1.807) is 42.6 Å². The molecule has 0 fully saturated rings. The van der Waals surface area contributed by atoms with Crippen LogP contribution in [0.15, 0.2) is 59.6 Å². The number of hydrogen-bond acceptors (Lipinski definition) is 4. The van der Waals surface area contributed by atoms with Gasteiger partial charge in [0.15, 0.2) is 0 Å². The first-order chi connectivity index (χ1) is 11.0. The Morgan fingerprint density at radius 3 is 2.52 bits per heavy atom. The van der Waals surface area contributed by atoms with Gasteiger partial charge in [0.1, 0.15) is 5.75 Å². The summed E-state index contributed by atoms with van der Waals surface area (Å²) in [6.07, 6.45) is 1.59. The van der Waals surface area contributed by atoms with Crippen LogP contribution in [0.5, 0.6) is 5.75 Å². The van der Waals surface area contributed by atoms with E-state index < -0.39 is 10.0 Å². The van der Waals surface area contributed by atoms with Gasteiger partial charge >= 0.3 is 0 Å². The monoisotopic (exact) mass is 348 g/mol. The molecule has 118 valence electrons. The zero-order valence-electron chi connectivity index (χ0n) is 12.2. The van der Waals surface area contributed by atoms with E-state index >= 15 is 0 Å². The molecule has 7 heteroatoms. The van der Waals surface area contributed by atoms with Gasteiger partial charge < -0.3 is 4.74 Å².